The fourth-order valence-electron chi connectivity index (χ4n) is 2.79. The molecule has 0 N–H and O–H groups in total. The number of methoxy groups -OCH3 is 1. The van der Waals surface area contributed by atoms with Crippen LogP contribution in [0.25, 0.3) is 31.9 Å². The van der Waals surface area contributed by atoms with E-state index in [2.05, 4.69) is 6.07 Å². The summed E-state index contributed by atoms with van der Waals surface area (Å²) >= 11 is 1.63. The van der Waals surface area contributed by atoms with Crippen LogP contribution in [0.3, 0.4) is 0 Å². The minimum atomic E-state index is -0.337. The van der Waals surface area contributed by atoms with E-state index in [1.54, 1.807) is 24.5 Å². The van der Waals surface area contributed by atoms with Gasteiger partial charge in [0, 0.05) is 32.3 Å². The van der Waals surface area contributed by atoms with Gasteiger partial charge in [-0.1, -0.05) is 30.3 Å². The third-order valence-electron chi connectivity index (χ3n) is 3.89. The van der Waals surface area contributed by atoms with E-state index in [4.69, 9.17) is 9.15 Å². The van der Waals surface area contributed by atoms with E-state index in [0.717, 1.165) is 32.0 Å². The molecule has 0 amide bonds. The topological polar surface area (TPSA) is 39.4 Å². The maximum Gasteiger partial charge on any atom is 0.336 e. The molecule has 0 aliphatic rings. The summed E-state index contributed by atoms with van der Waals surface area (Å²) in [7, 11) is 1.67. The lowest BCUT2D eigenvalue weighted by atomic mass is 10.1. The second-order valence-corrected chi connectivity index (χ2v) is 6.42. The van der Waals surface area contributed by atoms with Crippen molar-refractivity contribution in [2.75, 3.05) is 7.11 Å². The average Bonchev–Trinajstić information content (AvgIpc) is 3.10. The number of benzene rings is 2. The SMILES string of the molecule is COc1ccccc1-c1ccc(-c2cc(=O)oc3ccccc23)s1. The molecule has 0 unspecified atom stereocenters. The van der Waals surface area contributed by atoms with E-state index in [1.165, 1.54) is 0 Å². The van der Waals surface area contributed by atoms with E-state index >= 15 is 0 Å². The number of rotatable bonds is 3. The Morgan fingerprint density at radius 2 is 1.58 bits per heavy atom. The largest absolute Gasteiger partial charge is 0.496 e. The van der Waals surface area contributed by atoms with Crippen LogP contribution in [0.5, 0.6) is 5.75 Å². The zero-order chi connectivity index (χ0) is 16.5. The highest BCUT2D eigenvalue weighted by Gasteiger charge is 2.12. The van der Waals surface area contributed by atoms with Gasteiger partial charge in [0.05, 0.1) is 7.11 Å². The lowest BCUT2D eigenvalue weighted by molar-refractivity contribution is 0.416. The summed E-state index contributed by atoms with van der Waals surface area (Å²) in [6, 6.07) is 21.2. The fourth-order valence-corrected chi connectivity index (χ4v) is 3.86. The molecule has 4 rings (SSSR count). The molecule has 0 bridgehead atoms. The monoisotopic (exact) mass is 334 g/mol. The highest BCUT2D eigenvalue weighted by Crippen LogP contribution is 2.39. The summed E-state index contributed by atoms with van der Waals surface area (Å²) in [6.07, 6.45) is 0. The van der Waals surface area contributed by atoms with E-state index in [9.17, 15) is 4.79 Å². The molecule has 0 saturated heterocycles. The number of thiophene rings is 1. The minimum Gasteiger partial charge on any atom is -0.496 e. The normalized spacial score (nSPS) is 10.9. The first-order chi connectivity index (χ1) is 11.8. The highest BCUT2D eigenvalue weighted by atomic mass is 32.1. The van der Waals surface area contributed by atoms with Crippen molar-refractivity contribution in [1.82, 2.24) is 0 Å². The first-order valence-electron chi connectivity index (χ1n) is 7.53. The number of fused-ring (bicyclic) bond motifs is 1. The van der Waals surface area contributed by atoms with Gasteiger partial charge in [-0.25, -0.2) is 4.79 Å². The molecule has 0 aliphatic carbocycles. The van der Waals surface area contributed by atoms with Crippen molar-refractivity contribution in [3.8, 4) is 26.6 Å². The molecule has 0 fully saturated rings. The van der Waals surface area contributed by atoms with Crippen LogP contribution in [-0.2, 0) is 0 Å². The Balaban J connectivity index is 1.88. The lowest BCUT2D eigenvalue weighted by Crippen LogP contribution is -1.97. The Labute approximate surface area is 142 Å². The summed E-state index contributed by atoms with van der Waals surface area (Å²) < 4.78 is 10.7. The van der Waals surface area contributed by atoms with Crippen molar-refractivity contribution in [2.45, 2.75) is 0 Å². The fraction of sp³-hybridized carbons (Fsp3) is 0.0500. The first kappa shape index (κ1) is 14.7. The van der Waals surface area contributed by atoms with Gasteiger partial charge in [0.25, 0.3) is 0 Å². The molecule has 2 heterocycles. The van der Waals surface area contributed by atoms with Crippen molar-refractivity contribution in [2.24, 2.45) is 0 Å². The molecule has 4 heteroatoms. The van der Waals surface area contributed by atoms with Crippen molar-refractivity contribution in [3.05, 3.63) is 77.2 Å². The van der Waals surface area contributed by atoms with Gasteiger partial charge in [0.1, 0.15) is 11.3 Å². The molecular weight excluding hydrogens is 320 g/mol. The van der Waals surface area contributed by atoms with Crippen molar-refractivity contribution in [1.29, 1.82) is 0 Å². The lowest BCUT2D eigenvalue weighted by Gasteiger charge is -2.06. The molecule has 24 heavy (non-hydrogen) atoms. The van der Waals surface area contributed by atoms with Crippen LogP contribution < -0.4 is 10.4 Å². The molecule has 0 aliphatic heterocycles. The van der Waals surface area contributed by atoms with Crippen LogP contribution in [-0.4, -0.2) is 7.11 Å². The van der Waals surface area contributed by atoms with Gasteiger partial charge >= 0.3 is 5.63 Å². The number of para-hydroxylation sites is 2. The first-order valence-corrected chi connectivity index (χ1v) is 8.34. The smallest absolute Gasteiger partial charge is 0.336 e. The highest BCUT2D eigenvalue weighted by molar-refractivity contribution is 7.19. The summed E-state index contributed by atoms with van der Waals surface area (Å²) in [5.74, 6) is 0.836. The molecule has 0 spiro atoms. The zero-order valence-electron chi connectivity index (χ0n) is 13.0. The molecule has 3 nitrogen and oxygen atoms in total. The second kappa shape index (κ2) is 5.98. The van der Waals surface area contributed by atoms with E-state index in [-0.39, 0.29) is 5.63 Å². The Kier molecular flexibility index (Phi) is 3.67. The van der Waals surface area contributed by atoms with Gasteiger partial charge in [-0.2, -0.15) is 0 Å². The van der Waals surface area contributed by atoms with Gasteiger partial charge in [-0.15, -0.1) is 11.3 Å². The van der Waals surface area contributed by atoms with Crippen molar-refractivity contribution < 1.29 is 9.15 Å². The van der Waals surface area contributed by atoms with Crippen LogP contribution in [0, 0.1) is 0 Å². The van der Waals surface area contributed by atoms with Gasteiger partial charge in [0.15, 0.2) is 0 Å². The maximum atomic E-state index is 11.9. The standard InChI is InChI=1S/C20H14O3S/c1-22-16-8-4-3-7-14(16)18-10-11-19(24-18)15-12-20(21)23-17-9-5-2-6-13(15)17/h2-12H,1H3. The Hall–Kier alpha value is -2.85. The quantitative estimate of drug-likeness (QED) is 0.484. The molecule has 2 aromatic carbocycles. The number of ether oxygens (including phenoxy) is 1. The Morgan fingerprint density at radius 1 is 0.875 bits per heavy atom. The zero-order valence-corrected chi connectivity index (χ0v) is 13.8. The van der Waals surface area contributed by atoms with Crippen LogP contribution in [0.1, 0.15) is 0 Å². The minimum absolute atomic E-state index is 0.337. The molecule has 0 radical (unpaired) electrons. The second-order valence-electron chi connectivity index (χ2n) is 5.34. The van der Waals surface area contributed by atoms with E-state index in [1.807, 2.05) is 54.6 Å². The van der Waals surface area contributed by atoms with Crippen LogP contribution in [0.15, 0.2) is 75.9 Å². The van der Waals surface area contributed by atoms with E-state index < -0.39 is 0 Å². The molecular formula is C20H14O3S. The average molecular weight is 334 g/mol. The summed E-state index contributed by atoms with van der Waals surface area (Å²) in [6.45, 7) is 0. The summed E-state index contributed by atoms with van der Waals surface area (Å²) in [5, 5.41) is 0.936. The molecule has 0 atom stereocenters. The van der Waals surface area contributed by atoms with Crippen molar-refractivity contribution in [3.63, 3.8) is 0 Å². The molecule has 118 valence electrons. The summed E-state index contributed by atoms with van der Waals surface area (Å²) in [5.41, 5.74) is 2.21. The molecule has 0 saturated carbocycles. The third-order valence-corrected chi connectivity index (χ3v) is 5.05. The van der Waals surface area contributed by atoms with Crippen LogP contribution >= 0.6 is 11.3 Å². The number of hydrogen-bond donors (Lipinski definition) is 0. The van der Waals surface area contributed by atoms with Crippen molar-refractivity contribution >= 4 is 22.3 Å². The van der Waals surface area contributed by atoms with Gasteiger partial charge < -0.3 is 9.15 Å². The van der Waals surface area contributed by atoms with Gasteiger partial charge in [-0.05, 0) is 30.3 Å². The predicted octanol–water partition coefficient (Wildman–Crippen LogP) is 5.20. The number of hydrogen-bond acceptors (Lipinski definition) is 4. The maximum absolute atomic E-state index is 11.9. The summed E-state index contributed by atoms with van der Waals surface area (Å²) in [4.78, 5) is 14.0. The Morgan fingerprint density at radius 3 is 2.42 bits per heavy atom. The molecule has 4 aromatic rings. The van der Waals surface area contributed by atoms with Crippen LogP contribution in [0.4, 0.5) is 0 Å². The third kappa shape index (κ3) is 2.51. The van der Waals surface area contributed by atoms with Gasteiger partial charge in [-0.3, -0.25) is 0 Å². The van der Waals surface area contributed by atoms with E-state index in [0.29, 0.717) is 5.58 Å². The molecule has 2 aromatic heterocycles. The Bertz CT molecular complexity index is 1080. The predicted molar refractivity (Wildman–Crippen MR) is 97.8 cm³/mol. The van der Waals surface area contributed by atoms with Gasteiger partial charge in [0.2, 0.25) is 0 Å². The van der Waals surface area contributed by atoms with Crippen LogP contribution in [0.2, 0.25) is 0 Å².